The number of amides is 2. The molecule has 0 radical (unpaired) electrons. The first-order chi connectivity index (χ1) is 7.52. The van der Waals surface area contributed by atoms with Crippen molar-refractivity contribution in [3.8, 4) is 0 Å². The number of carbonyl (C=O) groups excluding carboxylic acids is 1. The quantitative estimate of drug-likeness (QED) is 0.493. The Morgan fingerprint density at radius 3 is 2.38 bits per heavy atom. The molecule has 0 heterocycles. The summed E-state index contributed by atoms with van der Waals surface area (Å²) < 4.78 is 0. The van der Waals surface area contributed by atoms with Gasteiger partial charge < -0.3 is 10.8 Å². The van der Waals surface area contributed by atoms with Crippen LogP contribution in [0.3, 0.4) is 0 Å². The molecule has 1 fully saturated rings. The highest BCUT2D eigenvalue weighted by Gasteiger charge is 2.32. The number of nitrogens with one attached hydrogen (secondary N) is 1. The fourth-order valence-electron chi connectivity index (χ4n) is 2.15. The van der Waals surface area contributed by atoms with E-state index in [2.05, 4.69) is 10.5 Å². The second-order valence-electron chi connectivity index (χ2n) is 4.06. The van der Waals surface area contributed by atoms with Crippen molar-refractivity contribution < 1.29 is 14.7 Å². The van der Waals surface area contributed by atoms with Gasteiger partial charge in [0.2, 0.25) is 0 Å². The number of carboxylic acid groups (broad SMARTS) is 1. The molecular weight excluding hydrogens is 210 g/mol. The molecule has 0 aromatic carbocycles. The van der Waals surface area contributed by atoms with Gasteiger partial charge in [0.1, 0.15) is 0 Å². The number of urea groups is 1. The van der Waals surface area contributed by atoms with Crippen LogP contribution in [0, 0.1) is 11.8 Å². The Morgan fingerprint density at radius 2 is 1.88 bits per heavy atom. The van der Waals surface area contributed by atoms with E-state index in [9.17, 15) is 9.59 Å². The van der Waals surface area contributed by atoms with Crippen molar-refractivity contribution in [1.82, 2.24) is 5.43 Å². The number of hydrogen-bond acceptors (Lipinski definition) is 3. The van der Waals surface area contributed by atoms with Gasteiger partial charge in [-0.3, -0.25) is 4.79 Å². The third-order valence-corrected chi connectivity index (χ3v) is 2.96. The minimum Gasteiger partial charge on any atom is -0.481 e. The van der Waals surface area contributed by atoms with E-state index in [0.29, 0.717) is 12.1 Å². The lowest BCUT2D eigenvalue weighted by Gasteiger charge is -2.28. The second kappa shape index (κ2) is 5.48. The Labute approximate surface area is 93.9 Å². The molecule has 0 aliphatic heterocycles. The minimum absolute atomic E-state index is 0.0990. The molecule has 0 aromatic heterocycles. The van der Waals surface area contributed by atoms with Crippen molar-refractivity contribution in [3.05, 3.63) is 0 Å². The Balaban J connectivity index is 2.70. The van der Waals surface area contributed by atoms with E-state index in [1.807, 2.05) is 0 Å². The predicted octanol–water partition coefficient (Wildman–Crippen LogP) is 0.922. The Morgan fingerprint density at radius 1 is 1.31 bits per heavy atom. The standard InChI is InChI=1S/C10H17N3O3/c1-6(12-13-10(11)16)7-4-2-3-5-8(7)9(14)15/h7-8H,2-5H2,1H3,(H,14,15)(H3,11,13,16)/b12-6+. The van der Waals surface area contributed by atoms with Crippen LogP contribution >= 0.6 is 0 Å². The molecule has 1 saturated carbocycles. The summed E-state index contributed by atoms with van der Waals surface area (Å²) in [6.07, 6.45) is 3.40. The maximum absolute atomic E-state index is 11.0. The smallest absolute Gasteiger partial charge is 0.332 e. The van der Waals surface area contributed by atoms with Gasteiger partial charge in [-0.15, -0.1) is 0 Å². The largest absolute Gasteiger partial charge is 0.481 e. The number of rotatable bonds is 3. The molecule has 1 aliphatic carbocycles. The molecule has 0 bridgehead atoms. The topological polar surface area (TPSA) is 105 Å². The van der Waals surface area contributed by atoms with Crippen LogP contribution in [0.1, 0.15) is 32.6 Å². The average molecular weight is 227 g/mol. The molecule has 1 aliphatic rings. The van der Waals surface area contributed by atoms with Gasteiger partial charge in [0.15, 0.2) is 0 Å². The van der Waals surface area contributed by atoms with Crippen molar-refractivity contribution in [1.29, 1.82) is 0 Å². The first kappa shape index (κ1) is 12.5. The van der Waals surface area contributed by atoms with Crippen LogP contribution in [-0.2, 0) is 4.79 Å². The SMILES string of the molecule is C/C(=N\NC(N)=O)C1CCCCC1C(=O)O. The van der Waals surface area contributed by atoms with Crippen LogP contribution in [0.4, 0.5) is 4.79 Å². The molecule has 0 saturated heterocycles. The summed E-state index contributed by atoms with van der Waals surface area (Å²) in [5.74, 6) is -1.29. The van der Waals surface area contributed by atoms with E-state index in [1.165, 1.54) is 0 Å². The van der Waals surface area contributed by atoms with Gasteiger partial charge in [-0.1, -0.05) is 12.8 Å². The maximum Gasteiger partial charge on any atom is 0.332 e. The lowest BCUT2D eigenvalue weighted by Crippen LogP contribution is -2.33. The van der Waals surface area contributed by atoms with E-state index in [4.69, 9.17) is 10.8 Å². The number of nitrogens with two attached hydrogens (primary N) is 1. The molecule has 16 heavy (non-hydrogen) atoms. The van der Waals surface area contributed by atoms with Gasteiger partial charge in [0.05, 0.1) is 5.92 Å². The van der Waals surface area contributed by atoms with Crippen molar-refractivity contribution in [2.24, 2.45) is 22.7 Å². The summed E-state index contributed by atoms with van der Waals surface area (Å²) in [6, 6.07) is -0.734. The monoisotopic (exact) mass is 227 g/mol. The molecule has 0 spiro atoms. The van der Waals surface area contributed by atoms with Gasteiger partial charge >= 0.3 is 12.0 Å². The number of hydrogen-bond donors (Lipinski definition) is 3. The Bertz CT molecular complexity index is 314. The summed E-state index contributed by atoms with van der Waals surface area (Å²) >= 11 is 0. The molecule has 0 aromatic rings. The maximum atomic E-state index is 11.0. The lowest BCUT2D eigenvalue weighted by molar-refractivity contribution is -0.143. The van der Waals surface area contributed by atoms with Crippen LogP contribution < -0.4 is 11.2 Å². The third kappa shape index (κ3) is 3.22. The zero-order chi connectivity index (χ0) is 12.1. The highest BCUT2D eigenvalue weighted by Crippen LogP contribution is 2.31. The highest BCUT2D eigenvalue weighted by molar-refractivity contribution is 5.89. The van der Waals surface area contributed by atoms with Gasteiger partial charge in [0.25, 0.3) is 0 Å². The molecule has 4 N–H and O–H groups in total. The molecular formula is C10H17N3O3. The summed E-state index contributed by atoms with van der Waals surface area (Å²) in [5.41, 5.74) is 7.66. The van der Waals surface area contributed by atoms with Gasteiger partial charge in [-0.05, 0) is 19.8 Å². The van der Waals surface area contributed by atoms with Crippen molar-refractivity contribution in [2.45, 2.75) is 32.6 Å². The predicted molar refractivity (Wildman–Crippen MR) is 58.9 cm³/mol. The number of hydrazone groups is 1. The number of primary amides is 1. The summed E-state index contributed by atoms with van der Waals surface area (Å²) in [6.45, 7) is 1.72. The third-order valence-electron chi connectivity index (χ3n) is 2.96. The number of aliphatic carboxylic acids is 1. The fraction of sp³-hybridized carbons (Fsp3) is 0.700. The highest BCUT2D eigenvalue weighted by atomic mass is 16.4. The van der Waals surface area contributed by atoms with Crippen molar-refractivity contribution >= 4 is 17.7 Å². The summed E-state index contributed by atoms with van der Waals surface area (Å²) in [5, 5.41) is 12.9. The van der Waals surface area contributed by atoms with E-state index >= 15 is 0 Å². The van der Waals surface area contributed by atoms with Crippen LogP contribution in [0.25, 0.3) is 0 Å². The van der Waals surface area contributed by atoms with E-state index in [0.717, 1.165) is 19.3 Å². The first-order valence-electron chi connectivity index (χ1n) is 5.34. The van der Waals surface area contributed by atoms with E-state index in [-0.39, 0.29) is 5.92 Å². The zero-order valence-corrected chi connectivity index (χ0v) is 9.27. The molecule has 2 amide bonds. The first-order valence-corrected chi connectivity index (χ1v) is 5.34. The Kier molecular flexibility index (Phi) is 4.28. The summed E-state index contributed by atoms with van der Waals surface area (Å²) in [4.78, 5) is 21.5. The van der Waals surface area contributed by atoms with Gasteiger partial charge in [-0.2, -0.15) is 5.10 Å². The second-order valence-corrected chi connectivity index (χ2v) is 4.06. The van der Waals surface area contributed by atoms with Gasteiger partial charge in [0, 0.05) is 11.6 Å². The minimum atomic E-state index is -0.793. The van der Waals surface area contributed by atoms with Crippen LogP contribution in [0.5, 0.6) is 0 Å². The molecule has 6 nitrogen and oxygen atoms in total. The normalized spacial score (nSPS) is 26.2. The summed E-state index contributed by atoms with van der Waals surface area (Å²) in [7, 11) is 0. The number of carbonyl (C=O) groups is 2. The fourth-order valence-corrected chi connectivity index (χ4v) is 2.15. The van der Waals surface area contributed by atoms with Gasteiger partial charge in [-0.25, -0.2) is 10.2 Å². The van der Waals surface area contributed by atoms with Crippen LogP contribution in [0.15, 0.2) is 5.10 Å². The Hall–Kier alpha value is -1.59. The van der Waals surface area contributed by atoms with Crippen molar-refractivity contribution in [2.75, 3.05) is 0 Å². The van der Waals surface area contributed by atoms with Crippen LogP contribution in [-0.4, -0.2) is 22.8 Å². The zero-order valence-electron chi connectivity index (χ0n) is 9.27. The molecule has 90 valence electrons. The van der Waals surface area contributed by atoms with Crippen LogP contribution in [0.2, 0.25) is 0 Å². The lowest BCUT2D eigenvalue weighted by atomic mass is 9.77. The number of nitrogens with zero attached hydrogens (tertiary/aromatic N) is 1. The van der Waals surface area contributed by atoms with Crippen molar-refractivity contribution in [3.63, 3.8) is 0 Å². The molecule has 1 rings (SSSR count). The average Bonchev–Trinajstić information content (AvgIpc) is 2.25. The van der Waals surface area contributed by atoms with E-state index in [1.54, 1.807) is 6.92 Å². The molecule has 2 atom stereocenters. The van der Waals surface area contributed by atoms with E-state index < -0.39 is 17.9 Å². The molecule has 2 unspecified atom stereocenters. The number of carboxylic acids is 1. The molecule has 6 heteroatoms.